The number of benzene rings is 1. The van der Waals surface area contributed by atoms with E-state index < -0.39 is 0 Å². The van der Waals surface area contributed by atoms with E-state index in [1.54, 1.807) is 0 Å². The normalized spacial score (nSPS) is 16.7. The lowest BCUT2D eigenvalue weighted by Crippen LogP contribution is -2.35. The Morgan fingerprint density at radius 3 is 2.95 bits per heavy atom. The molecule has 1 N–H and O–H groups in total. The number of imidazole rings is 1. The topological polar surface area (TPSA) is 33.1 Å². The molecular weight excluding hydrogens is 260 g/mol. The quantitative estimate of drug-likeness (QED) is 0.915. The van der Waals surface area contributed by atoms with Crippen LogP contribution in [0.1, 0.15) is 29.4 Å². The predicted octanol–water partition coefficient (Wildman–Crippen LogP) is 2.36. The highest BCUT2D eigenvalue weighted by atomic mass is 15.2. The summed E-state index contributed by atoms with van der Waals surface area (Å²) in [6.45, 7) is 6.44. The fourth-order valence-corrected chi connectivity index (χ4v) is 3.16. The average molecular weight is 284 g/mol. The summed E-state index contributed by atoms with van der Waals surface area (Å²) in [5.74, 6) is 1.19. The Bertz CT molecular complexity index is 590. The van der Waals surface area contributed by atoms with Crippen molar-refractivity contribution in [3.05, 3.63) is 53.6 Å². The Hall–Kier alpha value is -1.65. The Balaban J connectivity index is 1.60. The van der Waals surface area contributed by atoms with Crippen molar-refractivity contribution in [2.24, 2.45) is 0 Å². The zero-order chi connectivity index (χ0) is 14.7. The summed E-state index contributed by atoms with van der Waals surface area (Å²) in [5.41, 5.74) is 2.78. The summed E-state index contributed by atoms with van der Waals surface area (Å²) in [5, 5.41) is 3.47. The monoisotopic (exact) mass is 284 g/mol. The van der Waals surface area contributed by atoms with E-state index in [0.717, 1.165) is 32.6 Å². The van der Waals surface area contributed by atoms with Gasteiger partial charge >= 0.3 is 0 Å². The van der Waals surface area contributed by atoms with Crippen molar-refractivity contribution >= 4 is 0 Å². The minimum absolute atomic E-state index is 0.424. The van der Waals surface area contributed by atoms with Gasteiger partial charge < -0.3 is 9.88 Å². The van der Waals surface area contributed by atoms with Gasteiger partial charge in [0.2, 0.25) is 0 Å². The van der Waals surface area contributed by atoms with Crippen LogP contribution in [0, 0.1) is 6.92 Å². The van der Waals surface area contributed by atoms with Crippen molar-refractivity contribution in [1.82, 2.24) is 19.8 Å². The van der Waals surface area contributed by atoms with Gasteiger partial charge in [-0.2, -0.15) is 0 Å². The van der Waals surface area contributed by atoms with Gasteiger partial charge in [0.15, 0.2) is 0 Å². The fraction of sp³-hybridized carbons (Fsp3) is 0.471. The van der Waals surface area contributed by atoms with E-state index in [1.165, 1.54) is 17.0 Å². The maximum atomic E-state index is 4.43. The second kappa shape index (κ2) is 6.41. The van der Waals surface area contributed by atoms with Gasteiger partial charge in [0.25, 0.3) is 0 Å². The van der Waals surface area contributed by atoms with Crippen LogP contribution in [0.4, 0.5) is 0 Å². The summed E-state index contributed by atoms with van der Waals surface area (Å²) in [6.07, 6.45) is 5.11. The first-order valence-electron chi connectivity index (χ1n) is 7.73. The standard InChI is InChI=1S/C17H24N4/c1-14-5-3-4-6-15(14)16(18-2)7-9-20-11-12-21-10-8-19-17(21)13-20/h3-6,8,10,16,18H,7,9,11-13H2,1-2H3. The third-order valence-electron chi connectivity index (χ3n) is 4.47. The second-order valence-corrected chi connectivity index (χ2v) is 5.80. The lowest BCUT2D eigenvalue weighted by atomic mass is 9.98. The number of fused-ring (bicyclic) bond motifs is 1. The molecule has 21 heavy (non-hydrogen) atoms. The molecule has 1 aromatic heterocycles. The third kappa shape index (κ3) is 3.17. The molecule has 0 spiro atoms. The molecule has 0 saturated carbocycles. The molecule has 4 heteroatoms. The largest absolute Gasteiger partial charge is 0.333 e. The highest BCUT2D eigenvalue weighted by Crippen LogP contribution is 2.21. The highest BCUT2D eigenvalue weighted by Gasteiger charge is 2.18. The van der Waals surface area contributed by atoms with Gasteiger partial charge in [0.05, 0.1) is 6.54 Å². The highest BCUT2D eigenvalue weighted by molar-refractivity contribution is 5.28. The van der Waals surface area contributed by atoms with E-state index in [9.17, 15) is 0 Å². The van der Waals surface area contributed by atoms with E-state index in [-0.39, 0.29) is 0 Å². The Labute approximate surface area is 126 Å². The van der Waals surface area contributed by atoms with Crippen molar-refractivity contribution in [2.75, 3.05) is 20.1 Å². The first-order valence-corrected chi connectivity index (χ1v) is 7.73. The number of rotatable bonds is 5. The first kappa shape index (κ1) is 14.3. The number of hydrogen-bond donors (Lipinski definition) is 1. The molecule has 0 saturated heterocycles. The van der Waals surface area contributed by atoms with Gasteiger partial charge in [-0.25, -0.2) is 4.98 Å². The Kier molecular flexibility index (Phi) is 4.36. The van der Waals surface area contributed by atoms with Gasteiger partial charge in [0.1, 0.15) is 5.82 Å². The van der Waals surface area contributed by atoms with Crippen LogP contribution >= 0.6 is 0 Å². The molecule has 4 nitrogen and oxygen atoms in total. The minimum atomic E-state index is 0.424. The van der Waals surface area contributed by atoms with E-state index >= 15 is 0 Å². The summed E-state index contributed by atoms with van der Waals surface area (Å²) in [6, 6.07) is 9.09. The molecule has 1 aliphatic rings. The van der Waals surface area contributed by atoms with Crippen LogP contribution < -0.4 is 5.32 Å². The number of aromatic nitrogens is 2. The first-order chi connectivity index (χ1) is 10.3. The molecule has 1 unspecified atom stereocenters. The summed E-state index contributed by atoms with van der Waals surface area (Å²) >= 11 is 0. The Morgan fingerprint density at radius 2 is 2.14 bits per heavy atom. The maximum Gasteiger partial charge on any atom is 0.122 e. The lowest BCUT2D eigenvalue weighted by molar-refractivity contribution is 0.207. The second-order valence-electron chi connectivity index (χ2n) is 5.80. The summed E-state index contributed by atoms with van der Waals surface area (Å²) < 4.78 is 2.26. The molecule has 0 aliphatic carbocycles. The zero-order valence-corrected chi connectivity index (χ0v) is 12.9. The third-order valence-corrected chi connectivity index (χ3v) is 4.47. The SMILES string of the molecule is CNC(CCN1CCn2ccnc2C1)c1ccccc1C. The number of nitrogens with zero attached hydrogens (tertiary/aromatic N) is 3. The van der Waals surface area contributed by atoms with Crippen LogP contribution in [0.15, 0.2) is 36.7 Å². The van der Waals surface area contributed by atoms with Crippen LogP contribution in [0.2, 0.25) is 0 Å². The van der Waals surface area contributed by atoms with Crippen LogP contribution in [-0.4, -0.2) is 34.6 Å². The van der Waals surface area contributed by atoms with Crippen LogP contribution in [0.5, 0.6) is 0 Å². The lowest BCUT2D eigenvalue weighted by Gasteiger charge is -2.29. The Morgan fingerprint density at radius 1 is 1.29 bits per heavy atom. The van der Waals surface area contributed by atoms with Crippen molar-refractivity contribution in [3.63, 3.8) is 0 Å². The molecule has 2 aromatic rings. The van der Waals surface area contributed by atoms with E-state index in [1.807, 2.05) is 6.20 Å². The molecular formula is C17H24N4. The van der Waals surface area contributed by atoms with Crippen molar-refractivity contribution in [2.45, 2.75) is 32.5 Å². The van der Waals surface area contributed by atoms with E-state index in [4.69, 9.17) is 0 Å². The number of nitrogens with one attached hydrogen (secondary N) is 1. The van der Waals surface area contributed by atoms with Gasteiger partial charge in [-0.1, -0.05) is 24.3 Å². The molecule has 0 radical (unpaired) electrons. The summed E-state index contributed by atoms with van der Waals surface area (Å²) in [7, 11) is 2.06. The molecule has 2 heterocycles. The molecule has 0 amide bonds. The average Bonchev–Trinajstić information content (AvgIpc) is 2.97. The molecule has 3 rings (SSSR count). The van der Waals surface area contributed by atoms with E-state index in [2.05, 4.69) is 64.2 Å². The van der Waals surface area contributed by atoms with Gasteiger partial charge in [0, 0.05) is 38.1 Å². The molecule has 1 aliphatic heterocycles. The van der Waals surface area contributed by atoms with Gasteiger partial charge in [-0.05, 0) is 31.5 Å². The maximum absolute atomic E-state index is 4.43. The molecule has 1 aromatic carbocycles. The van der Waals surface area contributed by atoms with Crippen LogP contribution in [0.3, 0.4) is 0 Å². The number of aryl methyl sites for hydroxylation is 1. The number of hydrogen-bond acceptors (Lipinski definition) is 3. The van der Waals surface area contributed by atoms with Crippen molar-refractivity contribution < 1.29 is 0 Å². The van der Waals surface area contributed by atoms with Gasteiger partial charge in [-0.15, -0.1) is 0 Å². The summed E-state index contributed by atoms with van der Waals surface area (Å²) in [4.78, 5) is 6.94. The molecule has 112 valence electrons. The molecule has 0 fully saturated rings. The smallest absolute Gasteiger partial charge is 0.122 e. The van der Waals surface area contributed by atoms with E-state index in [0.29, 0.717) is 6.04 Å². The predicted molar refractivity (Wildman–Crippen MR) is 85.1 cm³/mol. The fourth-order valence-electron chi connectivity index (χ4n) is 3.16. The van der Waals surface area contributed by atoms with Crippen molar-refractivity contribution in [1.29, 1.82) is 0 Å². The van der Waals surface area contributed by atoms with Crippen LogP contribution in [0.25, 0.3) is 0 Å². The zero-order valence-electron chi connectivity index (χ0n) is 12.9. The van der Waals surface area contributed by atoms with Crippen molar-refractivity contribution in [3.8, 4) is 0 Å². The van der Waals surface area contributed by atoms with Gasteiger partial charge in [-0.3, -0.25) is 4.90 Å². The molecule has 1 atom stereocenters. The minimum Gasteiger partial charge on any atom is -0.333 e. The van der Waals surface area contributed by atoms with Crippen LogP contribution in [-0.2, 0) is 13.1 Å². The molecule has 0 bridgehead atoms.